The van der Waals surface area contributed by atoms with Gasteiger partial charge in [-0.25, -0.2) is 15.0 Å². The zero-order valence-corrected chi connectivity index (χ0v) is 28.1. The summed E-state index contributed by atoms with van der Waals surface area (Å²) in [5.41, 5.74) is 11.7. The fourth-order valence-electron chi connectivity index (χ4n) is 8.29. The summed E-state index contributed by atoms with van der Waals surface area (Å²) in [4.78, 5) is 17.6. The minimum atomic E-state index is -0.455. The molecule has 5 heteroatoms. The Hall–Kier alpha value is -6.30. The Labute approximate surface area is 298 Å². The molecule has 0 fully saturated rings. The maximum Gasteiger partial charge on any atom is 0.164 e. The normalized spacial score (nSPS) is 13.6. The Kier molecular flexibility index (Phi) is 6.07. The fourth-order valence-corrected chi connectivity index (χ4v) is 9.48. The molecule has 0 saturated heterocycles. The van der Waals surface area contributed by atoms with Gasteiger partial charge in [-0.3, -0.25) is 0 Å². The van der Waals surface area contributed by atoms with Crippen molar-refractivity contribution in [2.75, 3.05) is 0 Å². The van der Waals surface area contributed by atoms with Gasteiger partial charge in [-0.2, -0.15) is 0 Å². The molecule has 2 aliphatic rings. The Morgan fingerprint density at radius 2 is 0.961 bits per heavy atom. The first-order chi connectivity index (χ1) is 25.3. The molecule has 0 amide bonds. The molecule has 0 radical (unpaired) electrons. The fraction of sp³-hybridized carbons (Fsp3) is 0.0217. The predicted molar refractivity (Wildman–Crippen MR) is 205 cm³/mol. The van der Waals surface area contributed by atoms with Crippen molar-refractivity contribution in [1.82, 2.24) is 15.0 Å². The van der Waals surface area contributed by atoms with Gasteiger partial charge in [0.15, 0.2) is 17.5 Å². The molecule has 3 heterocycles. The lowest BCUT2D eigenvalue weighted by molar-refractivity contribution is 0.668. The number of fused-ring (bicyclic) bond motifs is 13. The molecule has 238 valence electrons. The maximum absolute atomic E-state index is 6.63. The number of aromatic nitrogens is 3. The monoisotopic (exact) mass is 669 g/mol. The van der Waals surface area contributed by atoms with Crippen molar-refractivity contribution < 1.29 is 4.42 Å². The van der Waals surface area contributed by atoms with E-state index in [9.17, 15) is 0 Å². The van der Waals surface area contributed by atoms with Gasteiger partial charge in [-0.1, -0.05) is 139 Å². The zero-order chi connectivity index (χ0) is 33.5. The zero-order valence-electron chi connectivity index (χ0n) is 27.2. The van der Waals surface area contributed by atoms with Crippen LogP contribution in [0.2, 0.25) is 0 Å². The lowest BCUT2D eigenvalue weighted by atomic mass is 9.67. The van der Waals surface area contributed by atoms with E-state index in [1.807, 2.05) is 72.4 Å². The van der Waals surface area contributed by atoms with Crippen LogP contribution in [0.4, 0.5) is 0 Å². The standard InChI is InChI=1S/C46H27N3OS/c1-3-13-28(14-4-1)43-47-44(29-15-5-2-6-16-29)49-45(48-43)30-23-25-37-32(27-30)42-38(50-37)26-24-36-41(42)31-17-7-8-18-33(31)46(36)34-19-9-11-21-39(34)51-40-22-12-10-20-35(40)46/h1-27H. The van der Waals surface area contributed by atoms with Crippen LogP contribution in [0.1, 0.15) is 22.3 Å². The van der Waals surface area contributed by atoms with Crippen molar-refractivity contribution in [2.24, 2.45) is 0 Å². The highest BCUT2D eigenvalue weighted by atomic mass is 32.2. The Balaban J connectivity index is 1.19. The van der Waals surface area contributed by atoms with Crippen LogP contribution in [0.15, 0.2) is 178 Å². The Morgan fingerprint density at radius 3 is 1.61 bits per heavy atom. The smallest absolute Gasteiger partial charge is 0.164 e. The summed E-state index contributed by atoms with van der Waals surface area (Å²) >= 11 is 1.86. The third kappa shape index (κ3) is 4.07. The number of nitrogens with zero attached hydrogens (tertiary/aromatic N) is 3. The Bertz CT molecular complexity index is 2740. The summed E-state index contributed by atoms with van der Waals surface area (Å²) in [7, 11) is 0. The van der Waals surface area contributed by atoms with Crippen LogP contribution < -0.4 is 0 Å². The maximum atomic E-state index is 6.63. The SMILES string of the molecule is c1ccc(-c2nc(-c3ccccc3)nc(-c3ccc4oc5ccc6c(c5c4c3)-c3ccccc3C63c4ccccc4Sc4ccccc43)n2)cc1. The molecule has 1 aliphatic heterocycles. The number of hydrogen-bond donors (Lipinski definition) is 0. The summed E-state index contributed by atoms with van der Waals surface area (Å²) in [6.45, 7) is 0. The van der Waals surface area contributed by atoms with E-state index in [0.29, 0.717) is 17.5 Å². The van der Waals surface area contributed by atoms with Gasteiger partial charge in [0, 0.05) is 37.3 Å². The topological polar surface area (TPSA) is 51.8 Å². The predicted octanol–water partition coefficient (Wildman–Crippen LogP) is 11.6. The van der Waals surface area contributed by atoms with E-state index < -0.39 is 5.41 Å². The van der Waals surface area contributed by atoms with Crippen LogP contribution in [0.3, 0.4) is 0 Å². The molecule has 1 spiro atoms. The van der Waals surface area contributed by atoms with Gasteiger partial charge in [-0.15, -0.1) is 0 Å². The highest BCUT2D eigenvalue weighted by Gasteiger charge is 2.50. The molecule has 0 N–H and O–H groups in total. The minimum absolute atomic E-state index is 0.455. The van der Waals surface area contributed by atoms with Crippen molar-refractivity contribution in [1.29, 1.82) is 0 Å². The second kappa shape index (κ2) is 10.8. The summed E-state index contributed by atoms with van der Waals surface area (Å²) in [6.07, 6.45) is 0. The van der Waals surface area contributed by atoms with Crippen molar-refractivity contribution in [3.05, 3.63) is 186 Å². The van der Waals surface area contributed by atoms with E-state index in [2.05, 4.69) is 103 Å². The van der Waals surface area contributed by atoms with Gasteiger partial charge in [0.2, 0.25) is 0 Å². The van der Waals surface area contributed by atoms with Crippen LogP contribution in [0, 0.1) is 0 Å². The Morgan fingerprint density at radius 1 is 0.431 bits per heavy atom. The molecule has 1 aliphatic carbocycles. The van der Waals surface area contributed by atoms with Crippen LogP contribution >= 0.6 is 11.8 Å². The van der Waals surface area contributed by atoms with Crippen LogP contribution in [-0.4, -0.2) is 15.0 Å². The first kappa shape index (κ1) is 28.5. The molecular formula is C46H27N3OS. The van der Waals surface area contributed by atoms with Gasteiger partial charge in [0.05, 0.1) is 5.41 Å². The van der Waals surface area contributed by atoms with Crippen molar-refractivity contribution in [3.8, 4) is 45.3 Å². The first-order valence-electron chi connectivity index (χ1n) is 17.1. The van der Waals surface area contributed by atoms with Crippen molar-refractivity contribution in [3.63, 3.8) is 0 Å². The lowest BCUT2D eigenvalue weighted by Gasteiger charge is -2.39. The van der Waals surface area contributed by atoms with Gasteiger partial charge in [0.25, 0.3) is 0 Å². The first-order valence-corrected chi connectivity index (χ1v) is 17.9. The molecule has 0 saturated carbocycles. The van der Waals surface area contributed by atoms with Crippen LogP contribution in [0.5, 0.6) is 0 Å². The van der Waals surface area contributed by atoms with Crippen molar-refractivity contribution >= 4 is 33.7 Å². The highest BCUT2D eigenvalue weighted by molar-refractivity contribution is 7.99. The van der Waals surface area contributed by atoms with E-state index in [1.165, 1.54) is 43.2 Å². The molecule has 9 aromatic rings. The molecule has 11 rings (SSSR count). The summed E-state index contributed by atoms with van der Waals surface area (Å²) in [6, 6.07) is 57.7. The lowest BCUT2D eigenvalue weighted by Crippen LogP contribution is -2.31. The minimum Gasteiger partial charge on any atom is -0.456 e. The third-order valence-corrected chi connectivity index (χ3v) is 11.6. The molecule has 0 unspecified atom stereocenters. The molecule has 0 atom stereocenters. The van der Waals surface area contributed by atoms with E-state index >= 15 is 0 Å². The van der Waals surface area contributed by atoms with Gasteiger partial charge < -0.3 is 4.42 Å². The van der Waals surface area contributed by atoms with E-state index in [4.69, 9.17) is 19.4 Å². The summed E-state index contributed by atoms with van der Waals surface area (Å²) < 4.78 is 6.63. The summed E-state index contributed by atoms with van der Waals surface area (Å²) in [5.74, 6) is 1.90. The largest absolute Gasteiger partial charge is 0.456 e. The number of hydrogen-bond acceptors (Lipinski definition) is 5. The molecular weight excluding hydrogens is 643 g/mol. The molecule has 7 aromatic carbocycles. The third-order valence-electron chi connectivity index (χ3n) is 10.4. The van der Waals surface area contributed by atoms with Gasteiger partial charge in [-0.05, 0) is 69.8 Å². The van der Waals surface area contributed by atoms with Gasteiger partial charge >= 0.3 is 0 Å². The second-order valence-corrected chi connectivity index (χ2v) is 14.2. The average Bonchev–Trinajstić information content (AvgIpc) is 3.72. The quantitative estimate of drug-likeness (QED) is 0.187. The van der Waals surface area contributed by atoms with E-state index in [-0.39, 0.29) is 0 Å². The summed E-state index contributed by atoms with van der Waals surface area (Å²) in [5, 5.41) is 2.16. The van der Waals surface area contributed by atoms with Gasteiger partial charge in [0.1, 0.15) is 11.2 Å². The highest BCUT2D eigenvalue weighted by Crippen LogP contribution is 2.63. The van der Waals surface area contributed by atoms with Crippen LogP contribution in [0.25, 0.3) is 67.2 Å². The van der Waals surface area contributed by atoms with E-state index in [0.717, 1.165) is 38.6 Å². The molecule has 4 nitrogen and oxygen atoms in total. The number of rotatable bonds is 3. The number of benzene rings is 7. The molecule has 2 aromatic heterocycles. The number of furan rings is 1. The van der Waals surface area contributed by atoms with Crippen molar-refractivity contribution in [2.45, 2.75) is 15.2 Å². The second-order valence-electron chi connectivity index (χ2n) is 13.1. The average molecular weight is 670 g/mol. The molecule has 51 heavy (non-hydrogen) atoms. The van der Waals surface area contributed by atoms with E-state index in [1.54, 1.807) is 0 Å². The molecule has 0 bridgehead atoms. The van der Waals surface area contributed by atoms with Crippen LogP contribution in [-0.2, 0) is 5.41 Å².